The maximum Gasteiger partial charge on any atom is 0.490 e. The van der Waals surface area contributed by atoms with Gasteiger partial charge in [0, 0.05) is 34.3 Å². The van der Waals surface area contributed by atoms with Gasteiger partial charge in [-0.15, -0.1) is 21.5 Å². The van der Waals surface area contributed by atoms with Crippen LogP contribution in [-0.2, 0) is 29.2 Å². The van der Waals surface area contributed by atoms with Crippen LogP contribution in [0, 0.1) is 12.3 Å². The topological polar surface area (TPSA) is 110 Å². The highest BCUT2D eigenvalue weighted by Crippen LogP contribution is 2.37. The number of hydrogen-bond acceptors (Lipinski definition) is 7. The van der Waals surface area contributed by atoms with Crippen LogP contribution in [0.5, 0.6) is 0 Å². The number of likely N-dealkylation sites (tertiary alicyclic amines) is 1. The summed E-state index contributed by atoms with van der Waals surface area (Å²) < 4.78 is 39.7. The lowest BCUT2D eigenvalue weighted by Crippen LogP contribution is -2.44. The maximum atomic E-state index is 12.7. The smallest absolute Gasteiger partial charge is 0.475 e. The van der Waals surface area contributed by atoms with Crippen molar-refractivity contribution in [2.75, 3.05) is 19.7 Å². The summed E-state index contributed by atoms with van der Waals surface area (Å²) in [6.45, 7) is 11.2. The molecule has 0 bridgehead atoms. The van der Waals surface area contributed by atoms with E-state index in [2.05, 4.69) is 46.4 Å². The Bertz CT molecular complexity index is 1050. The minimum atomic E-state index is -5.08. The number of rotatable bonds is 5. The number of carboxylic acids is 1. The Labute approximate surface area is 211 Å². The summed E-state index contributed by atoms with van der Waals surface area (Å²) >= 11 is 1.88. The fraction of sp³-hybridized carbons (Fsp3) is 0.652. The van der Waals surface area contributed by atoms with Crippen molar-refractivity contribution in [1.82, 2.24) is 25.0 Å². The zero-order chi connectivity index (χ0) is 26.5. The van der Waals surface area contributed by atoms with Gasteiger partial charge in [-0.3, -0.25) is 9.69 Å². The molecular formula is C23H32F3N5O4S. The Morgan fingerprint density at radius 3 is 2.50 bits per heavy atom. The number of aliphatic carboxylic acids is 1. The molecule has 0 aromatic carbocycles. The van der Waals surface area contributed by atoms with Crippen LogP contribution in [0.1, 0.15) is 59.3 Å². The van der Waals surface area contributed by atoms with Crippen molar-refractivity contribution in [3.05, 3.63) is 33.5 Å². The lowest BCUT2D eigenvalue weighted by atomic mass is 9.79. The van der Waals surface area contributed by atoms with Gasteiger partial charge in [0.1, 0.15) is 6.61 Å². The predicted octanol–water partition coefficient (Wildman–Crippen LogP) is 3.62. The number of carbonyl (C=O) groups is 2. The fourth-order valence-corrected chi connectivity index (χ4v) is 5.12. The summed E-state index contributed by atoms with van der Waals surface area (Å²) in [5.74, 6) is -1.72. The molecule has 4 heterocycles. The van der Waals surface area contributed by atoms with Crippen molar-refractivity contribution in [3.8, 4) is 0 Å². The Balaban J connectivity index is 0.000000454. The van der Waals surface area contributed by atoms with Gasteiger partial charge in [0.25, 0.3) is 5.91 Å². The van der Waals surface area contributed by atoms with Crippen LogP contribution < -0.4 is 5.32 Å². The quantitative estimate of drug-likeness (QED) is 0.607. The fourth-order valence-electron chi connectivity index (χ4n) is 4.18. The van der Waals surface area contributed by atoms with Gasteiger partial charge in [-0.05, 0) is 58.3 Å². The molecule has 4 rings (SSSR count). The van der Waals surface area contributed by atoms with Crippen molar-refractivity contribution in [3.63, 3.8) is 0 Å². The maximum absolute atomic E-state index is 12.7. The zero-order valence-electron chi connectivity index (χ0n) is 20.6. The van der Waals surface area contributed by atoms with E-state index in [-0.39, 0.29) is 17.4 Å². The third-order valence-corrected chi connectivity index (χ3v) is 7.47. The van der Waals surface area contributed by atoms with E-state index >= 15 is 0 Å². The molecule has 1 atom stereocenters. The normalized spacial score (nSPS) is 18.5. The Hall–Kier alpha value is -2.51. The molecule has 2 N–H and O–H groups in total. The van der Waals surface area contributed by atoms with Crippen molar-refractivity contribution in [2.45, 2.75) is 71.9 Å². The number of aromatic nitrogens is 3. The number of fused-ring (bicyclic) bond motifs is 1. The van der Waals surface area contributed by atoms with Gasteiger partial charge in [0.15, 0.2) is 5.82 Å². The number of aryl methyl sites for hydroxylation is 1. The average molecular weight is 532 g/mol. The highest BCUT2D eigenvalue weighted by Gasteiger charge is 2.39. The first-order chi connectivity index (χ1) is 16.9. The molecule has 0 saturated carbocycles. The Morgan fingerprint density at radius 1 is 1.28 bits per heavy atom. The minimum Gasteiger partial charge on any atom is -0.475 e. The molecule has 2 aromatic heterocycles. The first kappa shape index (κ1) is 28.1. The largest absolute Gasteiger partial charge is 0.490 e. The lowest BCUT2D eigenvalue weighted by Gasteiger charge is -2.41. The number of alkyl halides is 3. The number of halogens is 3. The van der Waals surface area contributed by atoms with Gasteiger partial charge in [-0.1, -0.05) is 6.92 Å². The second-order valence-corrected chi connectivity index (χ2v) is 10.8. The van der Waals surface area contributed by atoms with E-state index in [9.17, 15) is 18.0 Å². The van der Waals surface area contributed by atoms with E-state index < -0.39 is 12.1 Å². The second-order valence-electron chi connectivity index (χ2n) is 9.39. The van der Waals surface area contributed by atoms with E-state index in [1.807, 2.05) is 22.8 Å². The molecule has 2 aliphatic rings. The van der Waals surface area contributed by atoms with E-state index in [0.29, 0.717) is 19.0 Å². The average Bonchev–Trinajstić information content (AvgIpc) is 3.36. The van der Waals surface area contributed by atoms with Crippen molar-refractivity contribution >= 4 is 23.2 Å². The number of nitrogens with zero attached hydrogens (tertiary/aromatic N) is 4. The highest BCUT2D eigenvalue weighted by molar-refractivity contribution is 7.11. The molecule has 1 amide bonds. The van der Waals surface area contributed by atoms with E-state index in [1.165, 1.54) is 9.75 Å². The summed E-state index contributed by atoms with van der Waals surface area (Å²) in [7, 11) is 0. The van der Waals surface area contributed by atoms with E-state index in [4.69, 9.17) is 14.6 Å². The SMILES string of the molecule is CCC(C)NC(=O)c1nnc2n1CC1(CCN(Cc3ccc(C)s3)CC1)COC2.O=C(O)C(F)(F)F. The first-order valence-electron chi connectivity index (χ1n) is 11.8. The number of hydrogen-bond donors (Lipinski definition) is 2. The number of piperidine rings is 1. The molecule has 0 radical (unpaired) electrons. The molecule has 1 fully saturated rings. The molecule has 9 nitrogen and oxygen atoms in total. The Morgan fingerprint density at radius 2 is 1.94 bits per heavy atom. The lowest BCUT2D eigenvalue weighted by molar-refractivity contribution is -0.192. The molecule has 200 valence electrons. The molecule has 13 heteroatoms. The van der Waals surface area contributed by atoms with Gasteiger partial charge in [0.05, 0.1) is 6.61 Å². The molecule has 36 heavy (non-hydrogen) atoms. The van der Waals surface area contributed by atoms with Crippen LogP contribution in [0.2, 0.25) is 0 Å². The Kier molecular flexibility index (Phi) is 9.12. The summed E-state index contributed by atoms with van der Waals surface area (Å²) in [4.78, 5) is 26.9. The summed E-state index contributed by atoms with van der Waals surface area (Å²) in [6.07, 6.45) is -2.08. The van der Waals surface area contributed by atoms with Crippen molar-refractivity contribution in [2.24, 2.45) is 5.41 Å². The van der Waals surface area contributed by atoms with Crippen LogP contribution in [0.3, 0.4) is 0 Å². The van der Waals surface area contributed by atoms with E-state index in [0.717, 1.165) is 51.3 Å². The zero-order valence-corrected chi connectivity index (χ0v) is 21.4. The molecular weight excluding hydrogens is 499 g/mol. The van der Waals surface area contributed by atoms with Crippen LogP contribution in [0.25, 0.3) is 0 Å². The minimum absolute atomic E-state index is 0.0426. The van der Waals surface area contributed by atoms with Crippen molar-refractivity contribution < 1.29 is 32.6 Å². The number of ether oxygens (including phenoxy) is 1. The van der Waals surface area contributed by atoms with Gasteiger partial charge in [0.2, 0.25) is 5.82 Å². The van der Waals surface area contributed by atoms with Crippen LogP contribution in [0.15, 0.2) is 12.1 Å². The van der Waals surface area contributed by atoms with Gasteiger partial charge < -0.3 is 19.7 Å². The monoisotopic (exact) mass is 531 g/mol. The first-order valence-corrected chi connectivity index (χ1v) is 12.6. The third kappa shape index (κ3) is 7.26. The number of amides is 1. The number of carboxylic acid groups (broad SMARTS) is 1. The number of nitrogens with one attached hydrogen (secondary N) is 1. The number of thiophene rings is 1. The van der Waals surface area contributed by atoms with Crippen LogP contribution >= 0.6 is 11.3 Å². The molecule has 2 aliphatic heterocycles. The predicted molar refractivity (Wildman–Crippen MR) is 127 cm³/mol. The highest BCUT2D eigenvalue weighted by atomic mass is 32.1. The van der Waals surface area contributed by atoms with Crippen molar-refractivity contribution in [1.29, 1.82) is 0 Å². The molecule has 1 spiro atoms. The summed E-state index contributed by atoms with van der Waals surface area (Å²) in [5, 5.41) is 18.6. The summed E-state index contributed by atoms with van der Waals surface area (Å²) in [6, 6.07) is 4.56. The molecule has 0 aliphatic carbocycles. The van der Waals surface area contributed by atoms with Crippen LogP contribution in [0.4, 0.5) is 13.2 Å². The van der Waals surface area contributed by atoms with E-state index in [1.54, 1.807) is 0 Å². The molecule has 1 saturated heterocycles. The molecule has 1 unspecified atom stereocenters. The standard InChI is InChI=1S/C21H31N5O2S.C2HF3O2/c1-4-15(2)22-20(27)19-24-23-18-12-28-14-21(13-26(18)19)7-9-25(10-8-21)11-17-6-5-16(3)29-17;3-2(4,5)1(6)7/h5-6,15H,4,7-14H2,1-3H3,(H,22,27);(H,6,7). The van der Waals surface area contributed by atoms with Gasteiger partial charge in [-0.2, -0.15) is 13.2 Å². The summed E-state index contributed by atoms with van der Waals surface area (Å²) in [5.41, 5.74) is 0.0426. The number of carbonyl (C=O) groups excluding carboxylic acids is 1. The molecule has 2 aromatic rings. The van der Waals surface area contributed by atoms with Gasteiger partial charge in [-0.25, -0.2) is 4.79 Å². The second kappa shape index (κ2) is 11.7. The van der Waals surface area contributed by atoms with Crippen LogP contribution in [-0.4, -0.2) is 68.6 Å². The van der Waals surface area contributed by atoms with Gasteiger partial charge >= 0.3 is 12.1 Å². The third-order valence-electron chi connectivity index (χ3n) is 6.49.